The number of fused-ring (bicyclic) bond motifs is 1. The van der Waals surface area contributed by atoms with Crippen LogP contribution in [0.4, 0.5) is 5.69 Å². The first-order valence-electron chi connectivity index (χ1n) is 7.76. The monoisotopic (exact) mass is 302 g/mol. The number of thiazole rings is 1. The van der Waals surface area contributed by atoms with Gasteiger partial charge in [-0.1, -0.05) is 0 Å². The van der Waals surface area contributed by atoms with Crippen molar-refractivity contribution < 1.29 is 5.11 Å². The molecule has 2 aromatic rings. The van der Waals surface area contributed by atoms with E-state index in [2.05, 4.69) is 43.0 Å². The molecular weight excluding hydrogens is 280 g/mol. The Bertz CT molecular complexity index is 602. The van der Waals surface area contributed by atoms with Crippen LogP contribution in [-0.4, -0.2) is 23.2 Å². The minimum Gasteiger partial charge on any atom is -0.388 e. The Labute approximate surface area is 130 Å². The van der Waals surface area contributed by atoms with Gasteiger partial charge in [0, 0.05) is 24.3 Å². The average Bonchev–Trinajstić information content (AvgIpc) is 2.95. The van der Waals surface area contributed by atoms with Crippen LogP contribution in [0.5, 0.6) is 0 Å². The quantitative estimate of drug-likeness (QED) is 0.926. The van der Waals surface area contributed by atoms with Crippen LogP contribution in [0.2, 0.25) is 0 Å². The highest BCUT2D eigenvalue weighted by Gasteiger charge is 2.23. The molecule has 1 atom stereocenters. The van der Waals surface area contributed by atoms with Crippen LogP contribution in [0.3, 0.4) is 0 Å². The normalized spacial score (nSPS) is 17.6. The van der Waals surface area contributed by atoms with Gasteiger partial charge in [-0.2, -0.15) is 0 Å². The number of hydrogen-bond donors (Lipinski definition) is 1. The lowest BCUT2D eigenvalue weighted by Crippen LogP contribution is -2.21. The van der Waals surface area contributed by atoms with Gasteiger partial charge >= 0.3 is 0 Å². The van der Waals surface area contributed by atoms with Crippen molar-refractivity contribution in [1.82, 2.24) is 4.98 Å². The summed E-state index contributed by atoms with van der Waals surface area (Å²) in [5.74, 6) is 0. The summed E-state index contributed by atoms with van der Waals surface area (Å²) in [4.78, 5) is 8.14. The molecule has 0 bridgehead atoms. The summed E-state index contributed by atoms with van der Waals surface area (Å²) in [6.07, 6.45) is 2.60. The molecule has 3 nitrogen and oxygen atoms in total. The maximum absolute atomic E-state index is 10.1. The van der Waals surface area contributed by atoms with Crippen LogP contribution in [0.15, 0.2) is 24.3 Å². The van der Waals surface area contributed by atoms with Gasteiger partial charge in [0.25, 0.3) is 0 Å². The van der Waals surface area contributed by atoms with Crippen LogP contribution in [0, 0.1) is 0 Å². The first kappa shape index (κ1) is 14.5. The van der Waals surface area contributed by atoms with E-state index in [4.69, 9.17) is 4.98 Å². The summed E-state index contributed by atoms with van der Waals surface area (Å²) in [5.41, 5.74) is 3.50. The highest BCUT2D eigenvalue weighted by Crippen LogP contribution is 2.38. The summed E-state index contributed by atoms with van der Waals surface area (Å²) >= 11 is 1.65. The van der Waals surface area contributed by atoms with Gasteiger partial charge in [0.15, 0.2) is 0 Å². The van der Waals surface area contributed by atoms with E-state index in [9.17, 15) is 5.11 Å². The highest BCUT2D eigenvalue weighted by molar-refractivity contribution is 7.15. The third-order valence-corrected chi connectivity index (χ3v) is 5.41. The zero-order valence-corrected chi connectivity index (χ0v) is 13.5. The van der Waals surface area contributed by atoms with Crippen molar-refractivity contribution in [2.24, 2.45) is 0 Å². The van der Waals surface area contributed by atoms with Crippen molar-refractivity contribution in [2.75, 3.05) is 18.0 Å². The number of hydrogen-bond acceptors (Lipinski definition) is 4. The standard InChI is InChI=1S/C17H22N2OS/c1-3-19(4-2)13-10-8-12(9-11-13)17-18-14-6-5-7-15(20)16(14)21-17/h8-11,15,20H,3-7H2,1-2H3. The van der Waals surface area contributed by atoms with Gasteiger partial charge in [0.05, 0.1) is 16.7 Å². The fraction of sp³-hybridized carbons (Fsp3) is 0.471. The number of aliphatic hydroxyl groups excluding tert-OH is 1. The van der Waals surface area contributed by atoms with Crippen LogP contribution in [-0.2, 0) is 6.42 Å². The lowest BCUT2D eigenvalue weighted by molar-refractivity contribution is 0.160. The van der Waals surface area contributed by atoms with E-state index in [0.717, 1.165) is 53.5 Å². The minimum absolute atomic E-state index is 0.310. The third kappa shape index (κ3) is 2.83. The summed E-state index contributed by atoms with van der Waals surface area (Å²) < 4.78 is 0. The number of benzene rings is 1. The Morgan fingerprint density at radius 1 is 1.24 bits per heavy atom. The number of rotatable bonds is 4. The van der Waals surface area contributed by atoms with Crippen LogP contribution in [0.25, 0.3) is 10.6 Å². The van der Waals surface area contributed by atoms with E-state index in [-0.39, 0.29) is 6.10 Å². The fourth-order valence-corrected chi connectivity index (χ4v) is 4.06. The SMILES string of the molecule is CCN(CC)c1ccc(-c2nc3c(s2)C(O)CCC3)cc1. The van der Waals surface area contributed by atoms with Gasteiger partial charge in [0.1, 0.15) is 5.01 Å². The summed E-state index contributed by atoms with van der Waals surface area (Å²) in [6, 6.07) is 8.62. The Morgan fingerprint density at radius 3 is 2.57 bits per heavy atom. The third-order valence-electron chi connectivity index (χ3n) is 4.16. The number of aliphatic hydroxyl groups is 1. The van der Waals surface area contributed by atoms with Gasteiger partial charge in [-0.3, -0.25) is 0 Å². The van der Waals surface area contributed by atoms with Crippen molar-refractivity contribution in [3.05, 3.63) is 34.8 Å². The maximum Gasteiger partial charge on any atom is 0.123 e. The molecule has 112 valence electrons. The first-order valence-corrected chi connectivity index (χ1v) is 8.57. The molecule has 0 saturated carbocycles. The Hall–Kier alpha value is -1.39. The van der Waals surface area contributed by atoms with Gasteiger partial charge in [-0.05, 0) is 57.4 Å². The average molecular weight is 302 g/mol. The number of aryl methyl sites for hydroxylation is 1. The van der Waals surface area contributed by atoms with Crippen LogP contribution in [0.1, 0.15) is 43.4 Å². The molecule has 1 aromatic carbocycles. The van der Waals surface area contributed by atoms with Crippen molar-refractivity contribution in [3.8, 4) is 10.6 Å². The largest absolute Gasteiger partial charge is 0.388 e. The van der Waals surface area contributed by atoms with E-state index < -0.39 is 0 Å². The maximum atomic E-state index is 10.1. The summed E-state index contributed by atoms with van der Waals surface area (Å²) in [7, 11) is 0. The lowest BCUT2D eigenvalue weighted by atomic mass is 10.0. The minimum atomic E-state index is -0.310. The molecule has 0 spiro atoms. The van der Waals surface area contributed by atoms with Gasteiger partial charge in [-0.25, -0.2) is 4.98 Å². The van der Waals surface area contributed by atoms with E-state index in [0.29, 0.717) is 0 Å². The molecule has 4 heteroatoms. The molecule has 3 rings (SSSR count). The van der Waals surface area contributed by atoms with Gasteiger partial charge in [0.2, 0.25) is 0 Å². The van der Waals surface area contributed by atoms with Crippen molar-refractivity contribution in [1.29, 1.82) is 0 Å². The molecule has 21 heavy (non-hydrogen) atoms. The summed E-state index contributed by atoms with van der Waals surface area (Å²) in [5, 5.41) is 11.1. The summed E-state index contributed by atoms with van der Waals surface area (Å²) in [6.45, 7) is 6.39. The molecular formula is C17H22N2OS. The zero-order chi connectivity index (χ0) is 14.8. The van der Waals surface area contributed by atoms with Crippen LogP contribution < -0.4 is 4.90 Å². The molecule has 0 aliphatic heterocycles. The molecule has 1 aromatic heterocycles. The van der Waals surface area contributed by atoms with Crippen molar-refractivity contribution >= 4 is 17.0 Å². The number of nitrogens with zero attached hydrogens (tertiary/aromatic N) is 2. The highest BCUT2D eigenvalue weighted by atomic mass is 32.1. The van der Waals surface area contributed by atoms with Crippen molar-refractivity contribution in [3.63, 3.8) is 0 Å². The van der Waals surface area contributed by atoms with E-state index in [1.54, 1.807) is 11.3 Å². The number of anilines is 1. The molecule has 0 amide bonds. The van der Waals surface area contributed by atoms with Gasteiger partial charge < -0.3 is 10.0 Å². The second-order valence-corrected chi connectivity index (χ2v) is 6.49. The van der Waals surface area contributed by atoms with E-state index in [1.807, 2.05) is 0 Å². The Balaban J connectivity index is 1.87. The predicted molar refractivity (Wildman–Crippen MR) is 89.0 cm³/mol. The van der Waals surface area contributed by atoms with E-state index >= 15 is 0 Å². The zero-order valence-electron chi connectivity index (χ0n) is 12.7. The molecule has 0 radical (unpaired) electrons. The molecule has 0 fully saturated rings. The molecule has 1 aliphatic rings. The number of aromatic nitrogens is 1. The Morgan fingerprint density at radius 2 is 1.95 bits per heavy atom. The molecule has 1 N–H and O–H groups in total. The van der Waals surface area contributed by atoms with Crippen LogP contribution >= 0.6 is 11.3 Å². The predicted octanol–water partition coefficient (Wildman–Crippen LogP) is 4.03. The topological polar surface area (TPSA) is 36.4 Å². The smallest absolute Gasteiger partial charge is 0.123 e. The second kappa shape index (κ2) is 6.16. The van der Waals surface area contributed by atoms with Gasteiger partial charge in [-0.15, -0.1) is 11.3 Å². The molecule has 1 unspecified atom stereocenters. The Kier molecular flexibility index (Phi) is 4.27. The second-order valence-electron chi connectivity index (χ2n) is 5.46. The fourth-order valence-electron chi connectivity index (χ4n) is 2.92. The lowest BCUT2D eigenvalue weighted by Gasteiger charge is -2.20. The first-order chi connectivity index (χ1) is 10.2. The van der Waals surface area contributed by atoms with E-state index in [1.165, 1.54) is 5.69 Å². The molecule has 0 saturated heterocycles. The van der Waals surface area contributed by atoms with Crippen molar-refractivity contribution in [2.45, 2.75) is 39.2 Å². The molecule has 1 aliphatic carbocycles. The molecule has 1 heterocycles.